The molecule has 1 atom stereocenters. The highest BCUT2D eigenvalue weighted by Gasteiger charge is 2.31. The van der Waals surface area contributed by atoms with Crippen molar-refractivity contribution in [3.05, 3.63) is 67.9 Å². The average molecular weight is 649 g/mol. The smallest absolute Gasteiger partial charge is 0.282 e. The maximum Gasteiger partial charge on any atom is 0.282 e. The Hall–Kier alpha value is -3.08. The summed E-state index contributed by atoms with van der Waals surface area (Å²) in [6.07, 6.45) is -5.32. The number of aromatic nitrogens is 3. The van der Waals surface area contributed by atoms with Crippen molar-refractivity contribution < 1.29 is 40.2 Å². The molecule has 17 heteroatoms. The van der Waals surface area contributed by atoms with Crippen LogP contribution < -0.4 is 0 Å². The molecule has 226 valence electrons. The highest BCUT2D eigenvalue weighted by atomic mass is 35.5. The van der Waals surface area contributed by atoms with E-state index in [9.17, 15) is 35.3 Å². The van der Waals surface area contributed by atoms with E-state index in [4.69, 9.17) is 21.4 Å². The molecule has 0 aliphatic carbocycles. The van der Waals surface area contributed by atoms with Crippen molar-refractivity contribution in [1.29, 1.82) is 0 Å². The molecular weight excluding hydrogens is 626 g/mol. The fourth-order valence-corrected chi connectivity index (χ4v) is 6.98. The van der Waals surface area contributed by atoms with Crippen molar-refractivity contribution in [3.8, 4) is 0 Å². The van der Waals surface area contributed by atoms with Gasteiger partial charge < -0.3 is 14.3 Å². The summed E-state index contributed by atoms with van der Waals surface area (Å²) in [6.45, 7) is 0.101. The number of piperidine rings is 1. The van der Waals surface area contributed by atoms with Gasteiger partial charge in [0, 0.05) is 41.4 Å². The summed E-state index contributed by atoms with van der Waals surface area (Å²) in [7, 11) is -4.58. The normalized spacial score (nSPS) is 18.1. The number of likely N-dealkylation sites (tertiary alicyclic amines) is 1. The van der Waals surface area contributed by atoms with E-state index >= 15 is 0 Å². The largest absolute Gasteiger partial charge is 0.748 e. The summed E-state index contributed by atoms with van der Waals surface area (Å²) in [5.41, 5.74) is 0.223. The highest BCUT2D eigenvalue weighted by molar-refractivity contribution is 7.84. The summed E-state index contributed by atoms with van der Waals surface area (Å²) >= 11 is 7.58. The molecule has 0 spiro atoms. The van der Waals surface area contributed by atoms with Gasteiger partial charge in [-0.15, -0.1) is 11.3 Å². The number of amides is 1. The summed E-state index contributed by atoms with van der Waals surface area (Å²) in [6, 6.07) is 5.37. The fraction of sp³-hybridized carbons (Fsp3) is 0.440. The number of benzene rings is 1. The minimum atomic E-state index is -4.58. The average Bonchev–Trinajstić information content (AvgIpc) is 3.69. The van der Waals surface area contributed by atoms with Crippen LogP contribution in [0.15, 0.2) is 34.8 Å². The van der Waals surface area contributed by atoms with Crippen LogP contribution in [0.3, 0.4) is 0 Å². The second-order valence-electron chi connectivity index (χ2n) is 9.82. The van der Waals surface area contributed by atoms with Crippen molar-refractivity contribution in [3.63, 3.8) is 0 Å². The molecule has 1 amide bonds. The van der Waals surface area contributed by atoms with Gasteiger partial charge in [0.25, 0.3) is 12.9 Å². The van der Waals surface area contributed by atoms with Crippen LogP contribution in [0.4, 0.5) is 17.6 Å². The van der Waals surface area contributed by atoms with E-state index < -0.39 is 58.7 Å². The molecule has 5 rings (SSSR count). The number of carbonyl (C=O) groups is 1. The van der Waals surface area contributed by atoms with Crippen LogP contribution in [-0.4, -0.2) is 57.3 Å². The van der Waals surface area contributed by atoms with Crippen LogP contribution in [0.5, 0.6) is 0 Å². The lowest BCUT2D eigenvalue weighted by Crippen LogP contribution is -2.40. The third-order valence-corrected chi connectivity index (χ3v) is 9.07. The van der Waals surface area contributed by atoms with E-state index in [1.54, 1.807) is 12.1 Å². The molecule has 1 saturated heterocycles. The molecule has 1 aromatic carbocycles. The van der Waals surface area contributed by atoms with Gasteiger partial charge in [-0.25, -0.2) is 31.0 Å². The van der Waals surface area contributed by atoms with Crippen LogP contribution in [0, 0.1) is 0 Å². The van der Waals surface area contributed by atoms with Gasteiger partial charge in [-0.05, 0) is 30.5 Å². The monoisotopic (exact) mass is 648 g/mol. The first kappa shape index (κ1) is 30.4. The molecule has 1 fully saturated rings. The van der Waals surface area contributed by atoms with Gasteiger partial charge in [-0.2, -0.15) is 5.10 Å². The maximum atomic E-state index is 13.3. The number of hydrogen-bond acceptors (Lipinski definition) is 9. The Balaban J connectivity index is 1.19. The predicted molar refractivity (Wildman–Crippen MR) is 143 cm³/mol. The van der Waals surface area contributed by atoms with E-state index in [1.165, 1.54) is 22.3 Å². The van der Waals surface area contributed by atoms with Crippen molar-refractivity contribution >= 4 is 44.7 Å². The quantitative estimate of drug-likeness (QED) is 0.231. The van der Waals surface area contributed by atoms with E-state index in [0.717, 1.165) is 5.01 Å². The lowest BCUT2D eigenvalue weighted by Gasteiger charge is -2.31. The molecule has 0 saturated carbocycles. The van der Waals surface area contributed by atoms with Gasteiger partial charge in [0.2, 0.25) is 5.91 Å². The van der Waals surface area contributed by atoms with Gasteiger partial charge in [0.05, 0.1) is 26.6 Å². The number of carbonyl (C=O) groups excluding carboxylic acids is 1. The zero-order valence-corrected chi connectivity index (χ0v) is 24.0. The Labute approximate surface area is 246 Å². The molecule has 0 bridgehead atoms. The fourth-order valence-electron chi connectivity index (χ4n) is 4.97. The molecule has 4 heterocycles. The molecule has 2 aliphatic rings. The Morgan fingerprint density at radius 3 is 2.60 bits per heavy atom. The molecule has 0 radical (unpaired) electrons. The lowest BCUT2D eigenvalue weighted by molar-refractivity contribution is -0.133. The summed E-state index contributed by atoms with van der Waals surface area (Å²) in [5, 5.41) is 10.4. The number of hydrogen-bond donors (Lipinski definition) is 0. The summed E-state index contributed by atoms with van der Waals surface area (Å²) < 4.78 is 87.2. The number of alkyl halides is 4. The van der Waals surface area contributed by atoms with E-state index in [-0.39, 0.29) is 22.9 Å². The molecule has 0 N–H and O–H groups in total. The number of rotatable bonds is 9. The molecule has 3 aromatic rings. The van der Waals surface area contributed by atoms with Crippen molar-refractivity contribution in [1.82, 2.24) is 19.7 Å². The van der Waals surface area contributed by atoms with Crippen molar-refractivity contribution in [2.75, 3.05) is 13.1 Å². The van der Waals surface area contributed by atoms with Gasteiger partial charge in [-0.1, -0.05) is 28.9 Å². The van der Waals surface area contributed by atoms with Crippen LogP contribution in [0.25, 0.3) is 0 Å². The van der Waals surface area contributed by atoms with Gasteiger partial charge in [0.15, 0.2) is 6.10 Å². The Kier molecular flexibility index (Phi) is 8.87. The number of oxime groups is 1. The topological polar surface area (TPSA) is 130 Å². The molecule has 2 aromatic heterocycles. The SMILES string of the molecule is O=C(Cn1nc(C(F)F)cc1C(F)F)N1CCC(c2nc(C3=NOC(c4cccc(Cl)c4CS(=O)(=O)[O-])C3)cs2)CC1. The first-order chi connectivity index (χ1) is 19.9. The Bertz CT molecular complexity index is 1610. The second-order valence-corrected chi connectivity index (χ2v) is 12.5. The number of halogens is 5. The van der Waals surface area contributed by atoms with Gasteiger partial charge in [0.1, 0.15) is 23.6 Å². The highest BCUT2D eigenvalue weighted by Crippen LogP contribution is 2.37. The third kappa shape index (κ3) is 6.76. The van der Waals surface area contributed by atoms with E-state index in [1.807, 2.05) is 5.38 Å². The predicted octanol–water partition coefficient (Wildman–Crippen LogP) is 5.19. The Morgan fingerprint density at radius 1 is 1.19 bits per heavy atom. The molecule has 1 unspecified atom stereocenters. The first-order valence-electron chi connectivity index (χ1n) is 12.7. The molecule has 10 nitrogen and oxygen atoms in total. The van der Waals surface area contributed by atoms with Gasteiger partial charge >= 0.3 is 0 Å². The van der Waals surface area contributed by atoms with Crippen LogP contribution in [-0.2, 0) is 32.0 Å². The van der Waals surface area contributed by atoms with E-state index in [0.29, 0.717) is 53.6 Å². The van der Waals surface area contributed by atoms with Crippen LogP contribution >= 0.6 is 22.9 Å². The van der Waals surface area contributed by atoms with Crippen molar-refractivity contribution in [2.45, 2.75) is 56.4 Å². The van der Waals surface area contributed by atoms with E-state index in [2.05, 4.69) is 10.3 Å². The molecule has 2 aliphatic heterocycles. The van der Waals surface area contributed by atoms with Crippen LogP contribution in [0.1, 0.15) is 77.4 Å². The first-order valence-corrected chi connectivity index (χ1v) is 15.5. The Morgan fingerprint density at radius 2 is 1.93 bits per heavy atom. The number of nitrogens with zero attached hydrogens (tertiary/aromatic N) is 5. The minimum Gasteiger partial charge on any atom is -0.748 e. The zero-order valence-electron chi connectivity index (χ0n) is 21.6. The zero-order chi connectivity index (χ0) is 30.2. The van der Waals surface area contributed by atoms with Gasteiger partial charge in [-0.3, -0.25) is 9.48 Å². The lowest BCUT2D eigenvalue weighted by atomic mass is 9.97. The van der Waals surface area contributed by atoms with Crippen molar-refractivity contribution in [2.24, 2.45) is 5.16 Å². The molecular formula is C25H23ClF4N5O5S2-. The van der Waals surface area contributed by atoms with Crippen LogP contribution in [0.2, 0.25) is 5.02 Å². The number of thiazole rings is 1. The standard InChI is InChI=1S/C25H24ClF4N5O5S2/c26-16-3-1-2-14(15(16)12-42(37,38)39)21-9-17(33-40-21)19-11-41-25(31-19)13-4-6-34(7-5-13)22(36)10-35-20(24(29)30)8-18(32-35)23(27)28/h1-3,8,11,13,21,23-24H,4-7,9-10,12H2,(H,37,38,39)/p-1. The molecule has 42 heavy (non-hydrogen) atoms. The third-order valence-electron chi connectivity index (χ3n) is 7.07. The second kappa shape index (κ2) is 12.3. The maximum absolute atomic E-state index is 13.3. The summed E-state index contributed by atoms with van der Waals surface area (Å²) in [4.78, 5) is 24.5. The summed E-state index contributed by atoms with van der Waals surface area (Å²) in [5.74, 6) is -1.24. The minimum absolute atomic E-state index is 0.0278.